The summed E-state index contributed by atoms with van der Waals surface area (Å²) in [4.78, 5) is 0. The lowest BCUT2D eigenvalue weighted by Crippen LogP contribution is -2.28. The molecule has 0 heterocycles. The van der Waals surface area contributed by atoms with Crippen LogP contribution in [0.15, 0.2) is 43.0 Å². The maximum Gasteiger partial charge on any atom is 0.0721 e. The zero-order valence-electron chi connectivity index (χ0n) is 12.6. The second kappa shape index (κ2) is 8.92. The van der Waals surface area contributed by atoms with Crippen molar-refractivity contribution in [2.24, 2.45) is 11.8 Å². The lowest BCUT2D eigenvalue weighted by molar-refractivity contribution is -0.0182. The fourth-order valence-electron chi connectivity index (χ4n) is 2.43. The smallest absolute Gasteiger partial charge is 0.0721 e. The molecule has 0 aliphatic rings. The van der Waals surface area contributed by atoms with Crippen molar-refractivity contribution >= 4 is 0 Å². The Kier molecular flexibility index (Phi) is 7.50. The van der Waals surface area contributed by atoms with Crippen LogP contribution in [0.5, 0.6) is 0 Å². The third-order valence-corrected chi connectivity index (χ3v) is 3.56. The molecule has 0 spiro atoms. The first kappa shape index (κ1) is 16.0. The van der Waals surface area contributed by atoms with Gasteiger partial charge in [0, 0.05) is 5.92 Å². The summed E-state index contributed by atoms with van der Waals surface area (Å²) in [5.74, 6) is 0.979. The third-order valence-electron chi connectivity index (χ3n) is 3.56. The summed E-state index contributed by atoms with van der Waals surface area (Å²) < 4.78 is 6.17. The molecule has 0 bridgehead atoms. The largest absolute Gasteiger partial charge is 0.373 e. The van der Waals surface area contributed by atoms with Gasteiger partial charge in [0.1, 0.15) is 0 Å². The van der Waals surface area contributed by atoms with Crippen LogP contribution >= 0.6 is 0 Å². The first-order valence-corrected chi connectivity index (χ1v) is 7.47. The van der Waals surface area contributed by atoms with E-state index in [0.29, 0.717) is 18.4 Å². The molecule has 0 aliphatic heterocycles. The highest BCUT2D eigenvalue weighted by molar-refractivity contribution is 5.13. The van der Waals surface area contributed by atoms with Gasteiger partial charge in [0.25, 0.3) is 0 Å². The van der Waals surface area contributed by atoms with Crippen LogP contribution in [0.4, 0.5) is 0 Å². The van der Waals surface area contributed by atoms with Crippen molar-refractivity contribution in [1.29, 1.82) is 0 Å². The molecule has 2 atom stereocenters. The minimum atomic E-state index is 0.268. The lowest BCUT2D eigenvalue weighted by atomic mass is 9.89. The zero-order chi connectivity index (χ0) is 14.1. The highest BCUT2D eigenvalue weighted by atomic mass is 16.5. The van der Waals surface area contributed by atoms with Gasteiger partial charge in [-0.3, -0.25) is 0 Å². The first-order valence-electron chi connectivity index (χ1n) is 7.47. The van der Waals surface area contributed by atoms with E-state index < -0.39 is 0 Å². The average molecular weight is 260 g/mol. The zero-order valence-corrected chi connectivity index (χ0v) is 12.6. The summed E-state index contributed by atoms with van der Waals surface area (Å²) >= 11 is 0. The van der Waals surface area contributed by atoms with Gasteiger partial charge in [0.2, 0.25) is 0 Å². The van der Waals surface area contributed by atoms with Crippen molar-refractivity contribution in [2.75, 3.05) is 0 Å². The molecule has 0 aromatic heterocycles. The molecule has 0 unspecified atom stereocenters. The Balaban J connectivity index is 2.58. The predicted molar refractivity (Wildman–Crippen MR) is 83.1 cm³/mol. The number of unbranched alkanes of at least 4 members (excludes halogenated alkanes) is 1. The Hall–Kier alpha value is -1.08. The summed E-state index contributed by atoms with van der Waals surface area (Å²) in [6.07, 6.45) is 6.00. The van der Waals surface area contributed by atoms with E-state index in [4.69, 9.17) is 4.74 Å². The normalized spacial score (nSPS) is 14.3. The molecule has 0 radical (unpaired) electrons. The predicted octanol–water partition coefficient (Wildman–Crippen LogP) is 5.22. The maximum atomic E-state index is 6.17. The highest BCUT2D eigenvalue weighted by Gasteiger charge is 2.22. The maximum absolute atomic E-state index is 6.17. The molecular formula is C18H28O. The van der Waals surface area contributed by atoms with Gasteiger partial charge in [-0.2, -0.15) is 0 Å². The summed E-state index contributed by atoms with van der Waals surface area (Å²) in [6.45, 7) is 11.4. The van der Waals surface area contributed by atoms with E-state index >= 15 is 0 Å². The minimum Gasteiger partial charge on any atom is -0.373 e. The molecule has 1 heteroatoms. The van der Waals surface area contributed by atoms with Gasteiger partial charge in [-0.15, -0.1) is 6.58 Å². The Labute approximate surface area is 118 Å². The Morgan fingerprint density at radius 3 is 2.42 bits per heavy atom. The van der Waals surface area contributed by atoms with Crippen molar-refractivity contribution in [3.05, 3.63) is 48.6 Å². The van der Waals surface area contributed by atoms with Gasteiger partial charge >= 0.3 is 0 Å². The van der Waals surface area contributed by atoms with Crippen molar-refractivity contribution in [2.45, 2.75) is 52.7 Å². The van der Waals surface area contributed by atoms with Gasteiger partial charge in [0.15, 0.2) is 0 Å². The number of hydrogen-bond donors (Lipinski definition) is 0. The van der Waals surface area contributed by atoms with Crippen LogP contribution in [0, 0.1) is 11.8 Å². The molecule has 0 N–H and O–H groups in total. The summed E-state index contributed by atoms with van der Waals surface area (Å²) in [5, 5.41) is 0. The van der Waals surface area contributed by atoms with E-state index in [0.717, 1.165) is 0 Å². The molecule has 0 aliphatic carbocycles. The van der Waals surface area contributed by atoms with Crippen LogP contribution < -0.4 is 0 Å². The molecule has 0 fully saturated rings. The summed E-state index contributed by atoms with van der Waals surface area (Å²) in [5.41, 5.74) is 1.24. The van der Waals surface area contributed by atoms with Crippen molar-refractivity contribution < 1.29 is 4.74 Å². The second-order valence-electron chi connectivity index (χ2n) is 5.55. The van der Waals surface area contributed by atoms with Crippen LogP contribution in [0.1, 0.15) is 45.6 Å². The molecule has 0 saturated heterocycles. The summed E-state index contributed by atoms with van der Waals surface area (Å²) in [7, 11) is 0. The SMILES string of the molecule is C=C[C@@H](CCCC)[C@H](OCc1ccccc1)C(C)C. The third kappa shape index (κ3) is 5.61. The van der Waals surface area contributed by atoms with Gasteiger partial charge in [-0.1, -0.05) is 70.0 Å². The van der Waals surface area contributed by atoms with Gasteiger partial charge < -0.3 is 4.74 Å². The molecule has 106 valence electrons. The first-order chi connectivity index (χ1) is 9.19. The quantitative estimate of drug-likeness (QED) is 0.553. The number of benzene rings is 1. The van der Waals surface area contributed by atoms with Crippen molar-refractivity contribution in [1.82, 2.24) is 0 Å². The monoisotopic (exact) mass is 260 g/mol. The van der Waals surface area contributed by atoms with E-state index in [2.05, 4.69) is 57.7 Å². The highest BCUT2D eigenvalue weighted by Crippen LogP contribution is 2.24. The van der Waals surface area contributed by atoms with Crippen LogP contribution in [-0.4, -0.2) is 6.10 Å². The molecule has 1 rings (SSSR count). The van der Waals surface area contributed by atoms with E-state index in [-0.39, 0.29) is 6.10 Å². The van der Waals surface area contributed by atoms with Crippen LogP contribution in [0.3, 0.4) is 0 Å². The number of rotatable bonds is 9. The number of hydrogen-bond acceptors (Lipinski definition) is 1. The fraction of sp³-hybridized carbons (Fsp3) is 0.556. The lowest BCUT2D eigenvalue weighted by Gasteiger charge is -2.28. The second-order valence-corrected chi connectivity index (χ2v) is 5.55. The molecule has 0 amide bonds. The standard InChI is InChI=1S/C18H28O/c1-5-7-13-17(6-2)18(15(3)4)19-14-16-11-9-8-10-12-16/h6,8-12,15,17-18H,2,5,7,13-14H2,1,3-4H3/t17-,18+/m0/s1. The minimum absolute atomic E-state index is 0.268. The van der Waals surface area contributed by atoms with Crippen LogP contribution in [-0.2, 0) is 11.3 Å². The van der Waals surface area contributed by atoms with Crippen LogP contribution in [0.25, 0.3) is 0 Å². The Bertz CT molecular complexity index is 342. The van der Waals surface area contributed by atoms with E-state index in [1.807, 2.05) is 6.07 Å². The molecule has 1 nitrogen and oxygen atoms in total. The van der Waals surface area contributed by atoms with Gasteiger partial charge in [0.05, 0.1) is 12.7 Å². The van der Waals surface area contributed by atoms with Crippen molar-refractivity contribution in [3.63, 3.8) is 0 Å². The van der Waals surface area contributed by atoms with Gasteiger partial charge in [-0.25, -0.2) is 0 Å². The fourth-order valence-corrected chi connectivity index (χ4v) is 2.43. The van der Waals surface area contributed by atoms with Crippen LogP contribution in [0.2, 0.25) is 0 Å². The van der Waals surface area contributed by atoms with E-state index in [1.165, 1.54) is 24.8 Å². The average Bonchev–Trinajstić information content (AvgIpc) is 2.43. The van der Waals surface area contributed by atoms with Crippen molar-refractivity contribution in [3.8, 4) is 0 Å². The Morgan fingerprint density at radius 1 is 1.21 bits per heavy atom. The molecule has 19 heavy (non-hydrogen) atoms. The molecule has 1 aromatic rings. The number of ether oxygens (including phenoxy) is 1. The Morgan fingerprint density at radius 2 is 1.89 bits per heavy atom. The van der Waals surface area contributed by atoms with E-state index in [9.17, 15) is 0 Å². The molecular weight excluding hydrogens is 232 g/mol. The summed E-state index contributed by atoms with van der Waals surface area (Å²) in [6, 6.07) is 10.4. The topological polar surface area (TPSA) is 9.23 Å². The molecule has 0 saturated carbocycles. The van der Waals surface area contributed by atoms with Gasteiger partial charge in [-0.05, 0) is 17.9 Å². The molecule has 1 aromatic carbocycles. The van der Waals surface area contributed by atoms with E-state index in [1.54, 1.807) is 0 Å².